The van der Waals surface area contributed by atoms with Crippen LogP contribution < -0.4 is 0 Å². The zero-order valence-corrected chi connectivity index (χ0v) is 15.2. The predicted octanol–water partition coefficient (Wildman–Crippen LogP) is 4.29. The van der Waals surface area contributed by atoms with Crippen molar-refractivity contribution in [2.75, 3.05) is 6.61 Å². The summed E-state index contributed by atoms with van der Waals surface area (Å²) in [6.07, 6.45) is 0.331. The maximum atomic E-state index is 12.2. The quantitative estimate of drug-likeness (QED) is 0.499. The van der Waals surface area contributed by atoms with Crippen LogP contribution in [0.5, 0.6) is 0 Å². The Labute approximate surface area is 145 Å². The SMILES string of the molecule is [C-]#[N+]C(C(=O)OCCC(C)(C)O)=C1Sc2c(C)ccc(C)c2S1. The van der Waals surface area contributed by atoms with Crippen LogP contribution in [0.4, 0.5) is 0 Å². The summed E-state index contributed by atoms with van der Waals surface area (Å²) in [7, 11) is 0. The lowest BCUT2D eigenvalue weighted by atomic mass is 10.1. The number of hydrogen-bond acceptors (Lipinski definition) is 5. The zero-order valence-electron chi connectivity index (χ0n) is 13.6. The molecule has 0 radical (unpaired) electrons. The van der Waals surface area contributed by atoms with Crippen LogP contribution in [0.3, 0.4) is 0 Å². The van der Waals surface area contributed by atoms with Crippen molar-refractivity contribution in [3.63, 3.8) is 0 Å². The number of hydrogen-bond donors (Lipinski definition) is 1. The molecule has 1 N–H and O–H groups in total. The highest BCUT2D eigenvalue weighted by Crippen LogP contribution is 2.54. The third-order valence-electron chi connectivity index (χ3n) is 3.34. The van der Waals surface area contributed by atoms with Gasteiger partial charge in [-0.05, 0) is 38.8 Å². The Morgan fingerprint density at radius 2 is 1.78 bits per heavy atom. The van der Waals surface area contributed by atoms with E-state index < -0.39 is 11.6 Å². The highest BCUT2D eigenvalue weighted by atomic mass is 32.2. The summed E-state index contributed by atoms with van der Waals surface area (Å²) < 4.78 is 5.81. The first kappa shape index (κ1) is 17.9. The molecule has 23 heavy (non-hydrogen) atoms. The molecule has 0 spiro atoms. The van der Waals surface area contributed by atoms with E-state index in [4.69, 9.17) is 11.3 Å². The van der Waals surface area contributed by atoms with Crippen LogP contribution in [-0.4, -0.2) is 23.3 Å². The topological polar surface area (TPSA) is 50.9 Å². The number of aliphatic hydroxyl groups is 1. The van der Waals surface area contributed by atoms with Gasteiger partial charge in [0.2, 0.25) is 0 Å². The van der Waals surface area contributed by atoms with E-state index in [1.807, 2.05) is 26.0 Å². The molecule has 0 aromatic heterocycles. The largest absolute Gasteiger partial charge is 0.470 e. The highest BCUT2D eigenvalue weighted by Gasteiger charge is 2.28. The lowest BCUT2D eigenvalue weighted by molar-refractivity contribution is -0.139. The standard InChI is InChI=1S/C17H19NO3S2/c1-10-6-7-11(2)14-13(10)22-16(23-14)12(18-5)15(19)21-9-8-17(3,4)20/h6-7,20H,8-9H2,1-4H3. The second kappa shape index (κ2) is 7.00. The van der Waals surface area contributed by atoms with Crippen molar-refractivity contribution in [1.29, 1.82) is 0 Å². The van der Waals surface area contributed by atoms with Crippen molar-refractivity contribution in [2.24, 2.45) is 0 Å². The Morgan fingerprint density at radius 1 is 1.26 bits per heavy atom. The van der Waals surface area contributed by atoms with Crippen LogP contribution in [0.1, 0.15) is 31.4 Å². The summed E-state index contributed by atoms with van der Waals surface area (Å²) in [6, 6.07) is 4.09. The summed E-state index contributed by atoms with van der Waals surface area (Å²) in [5.41, 5.74) is 1.40. The Hall–Kier alpha value is -1.42. The average Bonchev–Trinajstić information content (AvgIpc) is 2.88. The molecule has 0 atom stereocenters. The molecule has 0 bridgehead atoms. The van der Waals surface area contributed by atoms with Gasteiger partial charge in [-0.1, -0.05) is 35.7 Å². The number of carbonyl (C=O) groups is 1. The number of carbonyl (C=O) groups excluding carboxylic acids is 1. The van der Waals surface area contributed by atoms with Gasteiger partial charge in [-0.15, -0.1) is 0 Å². The Morgan fingerprint density at radius 3 is 2.22 bits per heavy atom. The van der Waals surface area contributed by atoms with Crippen molar-refractivity contribution >= 4 is 29.5 Å². The van der Waals surface area contributed by atoms with Crippen LogP contribution in [0.2, 0.25) is 0 Å². The van der Waals surface area contributed by atoms with Gasteiger partial charge in [0.15, 0.2) is 0 Å². The first-order valence-electron chi connectivity index (χ1n) is 7.20. The summed E-state index contributed by atoms with van der Waals surface area (Å²) in [5, 5.41) is 9.65. The van der Waals surface area contributed by atoms with Crippen LogP contribution in [0, 0.1) is 20.4 Å². The molecule has 4 nitrogen and oxygen atoms in total. The monoisotopic (exact) mass is 349 g/mol. The minimum Gasteiger partial charge on any atom is -0.470 e. The van der Waals surface area contributed by atoms with Crippen molar-refractivity contribution in [2.45, 2.75) is 49.5 Å². The molecule has 1 aromatic rings. The number of benzene rings is 1. The lowest BCUT2D eigenvalue weighted by Gasteiger charge is -2.16. The lowest BCUT2D eigenvalue weighted by Crippen LogP contribution is -2.22. The molecule has 6 heteroatoms. The zero-order chi connectivity index (χ0) is 17.2. The number of nitrogens with zero attached hydrogens (tertiary/aromatic N) is 1. The van der Waals surface area contributed by atoms with Crippen LogP contribution in [-0.2, 0) is 9.53 Å². The molecule has 1 aliphatic rings. The van der Waals surface area contributed by atoms with Crippen molar-refractivity contribution in [1.82, 2.24) is 0 Å². The summed E-state index contributed by atoms with van der Waals surface area (Å²) in [6.45, 7) is 14.8. The molecule has 1 aliphatic heterocycles. The maximum absolute atomic E-state index is 12.2. The molecule has 0 saturated carbocycles. The van der Waals surface area contributed by atoms with Gasteiger partial charge in [0.25, 0.3) is 5.70 Å². The van der Waals surface area contributed by atoms with E-state index in [-0.39, 0.29) is 12.3 Å². The van der Waals surface area contributed by atoms with E-state index in [2.05, 4.69) is 4.85 Å². The van der Waals surface area contributed by atoms with Crippen LogP contribution >= 0.6 is 23.5 Å². The molecule has 2 rings (SSSR count). The van der Waals surface area contributed by atoms with Gasteiger partial charge in [-0.2, -0.15) is 0 Å². The van der Waals surface area contributed by atoms with Gasteiger partial charge >= 0.3 is 5.97 Å². The molecular formula is C17H19NO3S2. The van der Waals surface area contributed by atoms with Crippen molar-refractivity contribution < 1.29 is 14.6 Å². The van der Waals surface area contributed by atoms with Gasteiger partial charge in [-0.3, -0.25) is 4.79 Å². The van der Waals surface area contributed by atoms with Gasteiger partial charge in [-0.25, -0.2) is 4.85 Å². The molecule has 0 saturated heterocycles. The molecule has 0 fully saturated rings. The van der Waals surface area contributed by atoms with Crippen LogP contribution in [0.15, 0.2) is 31.9 Å². The van der Waals surface area contributed by atoms with Gasteiger partial charge in [0.05, 0.1) is 23.0 Å². The van der Waals surface area contributed by atoms with Crippen LogP contribution in [0.25, 0.3) is 4.85 Å². The van der Waals surface area contributed by atoms with Crippen molar-refractivity contribution in [3.8, 4) is 0 Å². The van der Waals surface area contributed by atoms with E-state index in [9.17, 15) is 9.90 Å². The predicted molar refractivity (Wildman–Crippen MR) is 93.1 cm³/mol. The average molecular weight is 349 g/mol. The van der Waals surface area contributed by atoms with Crippen molar-refractivity contribution in [3.05, 3.63) is 44.6 Å². The first-order chi connectivity index (χ1) is 10.7. The smallest absolute Gasteiger partial charge is 0.338 e. The van der Waals surface area contributed by atoms with E-state index >= 15 is 0 Å². The Bertz CT molecular complexity index is 679. The number of rotatable bonds is 4. The second-order valence-corrected chi connectivity index (χ2v) is 8.31. The number of thioether (sulfide) groups is 2. The van der Waals surface area contributed by atoms with E-state index in [1.54, 1.807) is 13.8 Å². The number of esters is 1. The number of fused-ring (bicyclic) bond motifs is 1. The Kier molecular flexibility index (Phi) is 5.45. The fourth-order valence-corrected chi connectivity index (χ4v) is 4.66. The summed E-state index contributed by atoms with van der Waals surface area (Å²) in [5.74, 6) is -0.623. The third kappa shape index (κ3) is 4.31. The fraction of sp³-hybridized carbons (Fsp3) is 0.412. The number of aryl methyl sites for hydroxylation is 2. The molecule has 1 heterocycles. The summed E-state index contributed by atoms with van der Waals surface area (Å²) >= 11 is 2.91. The van der Waals surface area contributed by atoms with Gasteiger partial charge in [0.1, 0.15) is 0 Å². The Balaban J connectivity index is 2.17. The highest BCUT2D eigenvalue weighted by molar-refractivity contribution is 8.24. The molecular weight excluding hydrogens is 330 g/mol. The van der Waals surface area contributed by atoms with E-state index in [0.29, 0.717) is 10.7 Å². The minimum absolute atomic E-state index is 0.0192. The van der Waals surface area contributed by atoms with E-state index in [1.165, 1.54) is 23.5 Å². The normalized spacial score (nSPS) is 13.5. The van der Waals surface area contributed by atoms with Gasteiger partial charge in [0, 0.05) is 16.2 Å². The molecule has 1 aromatic carbocycles. The molecule has 0 amide bonds. The third-order valence-corrected chi connectivity index (χ3v) is 6.19. The first-order valence-corrected chi connectivity index (χ1v) is 8.83. The molecule has 0 aliphatic carbocycles. The molecule has 0 unspecified atom stereocenters. The maximum Gasteiger partial charge on any atom is 0.338 e. The fourth-order valence-electron chi connectivity index (χ4n) is 1.95. The molecule has 122 valence electrons. The van der Waals surface area contributed by atoms with E-state index in [0.717, 1.165) is 20.9 Å². The van der Waals surface area contributed by atoms with Gasteiger partial charge < -0.3 is 9.84 Å². The summed E-state index contributed by atoms with van der Waals surface area (Å²) in [4.78, 5) is 17.8. The minimum atomic E-state index is -0.896. The number of ether oxygens (including phenoxy) is 1. The second-order valence-electron chi connectivity index (χ2n) is 6.01.